The van der Waals surface area contributed by atoms with Gasteiger partial charge in [-0.15, -0.1) is 0 Å². The number of hydrogen-bond acceptors (Lipinski definition) is 5. The van der Waals surface area contributed by atoms with Gasteiger partial charge >= 0.3 is 0 Å². The molecule has 0 aromatic heterocycles. The van der Waals surface area contributed by atoms with E-state index >= 15 is 0 Å². The lowest BCUT2D eigenvalue weighted by molar-refractivity contribution is -0.138. The Hall–Kier alpha value is -1.92. The van der Waals surface area contributed by atoms with Crippen LogP contribution in [0.2, 0.25) is 0 Å². The number of nitrogens with zero attached hydrogens (tertiary/aromatic N) is 2. The first-order valence-corrected chi connectivity index (χ1v) is 10.9. The highest BCUT2D eigenvalue weighted by atomic mass is 16.5. The quantitative estimate of drug-likeness (QED) is 0.829. The minimum atomic E-state index is -0.885. The molecule has 2 saturated carbocycles. The van der Waals surface area contributed by atoms with E-state index in [9.17, 15) is 4.79 Å². The van der Waals surface area contributed by atoms with E-state index in [1.54, 1.807) is 19.1 Å². The van der Waals surface area contributed by atoms with Crippen LogP contribution in [0.25, 0.3) is 0 Å². The molecule has 156 valence electrons. The van der Waals surface area contributed by atoms with E-state index in [0.717, 1.165) is 37.7 Å². The van der Waals surface area contributed by atoms with Gasteiger partial charge in [0, 0.05) is 19.6 Å². The van der Waals surface area contributed by atoms with Crippen molar-refractivity contribution in [3.8, 4) is 0 Å². The summed E-state index contributed by atoms with van der Waals surface area (Å²) < 4.78 is 10.9. The highest BCUT2D eigenvalue weighted by molar-refractivity contribution is 6.08. The van der Waals surface area contributed by atoms with E-state index in [4.69, 9.17) is 20.2 Å². The maximum Gasteiger partial charge on any atom is 0.262 e. The second-order valence-electron chi connectivity index (χ2n) is 9.21. The zero-order chi connectivity index (χ0) is 20.2. The average Bonchev–Trinajstić information content (AvgIpc) is 3.50. The van der Waals surface area contributed by atoms with Crippen molar-refractivity contribution >= 4 is 11.9 Å². The normalized spacial score (nSPS) is 33.6. The van der Waals surface area contributed by atoms with Crippen LogP contribution in [0.1, 0.15) is 61.1 Å². The number of nitrogens with two attached hydrogens (primary N) is 1. The summed E-state index contributed by atoms with van der Waals surface area (Å²) in [4.78, 5) is 20.6. The van der Waals surface area contributed by atoms with Gasteiger partial charge in [0.15, 0.2) is 11.5 Å². The van der Waals surface area contributed by atoms with Crippen molar-refractivity contribution in [2.75, 3.05) is 27.4 Å². The van der Waals surface area contributed by atoms with Crippen LogP contribution in [0.15, 0.2) is 23.2 Å². The zero-order valence-electron chi connectivity index (χ0n) is 17.4. The second kappa shape index (κ2) is 6.81. The van der Waals surface area contributed by atoms with Crippen LogP contribution in [0.3, 0.4) is 0 Å². The third-order valence-electron chi connectivity index (χ3n) is 7.72. The number of rotatable bonds is 5. The maximum absolute atomic E-state index is 14.0. The molecule has 5 rings (SSSR count). The SMILES string of the molecule is COCCN1C(=O)[C@@]2(N=C1N)c1cc(C3CC3)ccc1C[C@]21CC[C@H](OC)CC1. The summed E-state index contributed by atoms with van der Waals surface area (Å²) in [6.07, 6.45) is 7.43. The number of ether oxygens (including phenoxy) is 2. The predicted molar refractivity (Wildman–Crippen MR) is 111 cm³/mol. The third kappa shape index (κ3) is 2.68. The lowest BCUT2D eigenvalue weighted by Crippen LogP contribution is -2.52. The van der Waals surface area contributed by atoms with Crippen LogP contribution in [0.5, 0.6) is 0 Å². The van der Waals surface area contributed by atoms with Gasteiger partial charge in [0.25, 0.3) is 5.91 Å². The molecule has 1 atom stereocenters. The molecular weight excluding hydrogens is 366 g/mol. The Bertz CT molecular complexity index is 855. The van der Waals surface area contributed by atoms with Gasteiger partial charge in [-0.3, -0.25) is 9.69 Å². The number of aliphatic imine (C=N–C) groups is 1. The molecule has 1 aromatic carbocycles. The first-order chi connectivity index (χ1) is 14.0. The van der Waals surface area contributed by atoms with Crippen LogP contribution < -0.4 is 5.73 Å². The van der Waals surface area contributed by atoms with Crippen LogP contribution >= 0.6 is 0 Å². The van der Waals surface area contributed by atoms with Crippen LogP contribution in [0.4, 0.5) is 0 Å². The monoisotopic (exact) mass is 397 g/mol. The van der Waals surface area contributed by atoms with Gasteiger partial charge in [-0.1, -0.05) is 18.2 Å². The fraction of sp³-hybridized carbons (Fsp3) is 0.652. The largest absolute Gasteiger partial charge is 0.383 e. The fourth-order valence-electron chi connectivity index (χ4n) is 5.95. The molecule has 1 aromatic rings. The summed E-state index contributed by atoms with van der Waals surface area (Å²) in [6, 6.07) is 6.79. The number of fused-ring (bicyclic) bond motifs is 3. The van der Waals surface area contributed by atoms with Gasteiger partial charge < -0.3 is 15.2 Å². The molecule has 4 aliphatic rings. The van der Waals surface area contributed by atoms with E-state index in [1.165, 1.54) is 24.0 Å². The molecule has 1 amide bonds. The highest BCUT2D eigenvalue weighted by Crippen LogP contribution is 2.62. The predicted octanol–water partition coefficient (Wildman–Crippen LogP) is 2.69. The molecule has 0 radical (unpaired) electrons. The molecule has 0 saturated heterocycles. The lowest BCUT2D eigenvalue weighted by Gasteiger charge is -2.45. The number of carbonyl (C=O) groups is 1. The van der Waals surface area contributed by atoms with Crippen molar-refractivity contribution in [2.45, 2.75) is 62.5 Å². The van der Waals surface area contributed by atoms with E-state index in [-0.39, 0.29) is 17.4 Å². The number of benzene rings is 1. The molecule has 2 fully saturated rings. The van der Waals surface area contributed by atoms with Crippen molar-refractivity contribution in [1.82, 2.24) is 4.90 Å². The summed E-state index contributed by atoms with van der Waals surface area (Å²) in [5.41, 5.74) is 8.97. The fourth-order valence-corrected chi connectivity index (χ4v) is 5.95. The van der Waals surface area contributed by atoms with Gasteiger partial charge in [0.2, 0.25) is 0 Å². The van der Waals surface area contributed by atoms with Gasteiger partial charge in [-0.2, -0.15) is 0 Å². The van der Waals surface area contributed by atoms with Crippen molar-refractivity contribution in [3.05, 3.63) is 34.9 Å². The molecule has 3 aliphatic carbocycles. The molecule has 0 bridgehead atoms. The van der Waals surface area contributed by atoms with E-state index in [2.05, 4.69) is 18.2 Å². The molecule has 2 spiro atoms. The van der Waals surface area contributed by atoms with E-state index < -0.39 is 5.54 Å². The lowest BCUT2D eigenvalue weighted by atomic mass is 9.61. The maximum atomic E-state index is 14.0. The second-order valence-corrected chi connectivity index (χ2v) is 9.21. The molecular formula is C23H31N3O3. The van der Waals surface area contributed by atoms with Gasteiger partial charge in [0.05, 0.1) is 19.3 Å². The smallest absolute Gasteiger partial charge is 0.262 e. The summed E-state index contributed by atoms with van der Waals surface area (Å²) >= 11 is 0. The van der Waals surface area contributed by atoms with E-state index in [0.29, 0.717) is 25.0 Å². The minimum Gasteiger partial charge on any atom is -0.383 e. The molecule has 6 heteroatoms. The number of hydrogen-bond donors (Lipinski definition) is 1. The topological polar surface area (TPSA) is 77.2 Å². The Kier molecular flexibility index (Phi) is 4.48. The number of carbonyl (C=O) groups excluding carboxylic acids is 1. The Morgan fingerprint density at radius 3 is 2.62 bits per heavy atom. The zero-order valence-corrected chi connectivity index (χ0v) is 17.4. The van der Waals surface area contributed by atoms with Gasteiger partial charge in [-0.05, 0) is 67.6 Å². The van der Waals surface area contributed by atoms with Crippen molar-refractivity contribution in [1.29, 1.82) is 0 Å². The number of guanidine groups is 1. The third-order valence-corrected chi connectivity index (χ3v) is 7.72. The molecule has 0 unspecified atom stereocenters. The number of amides is 1. The van der Waals surface area contributed by atoms with Crippen LogP contribution in [-0.4, -0.2) is 50.2 Å². The Balaban J connectivity index is 1.61. The Labute approximate surface area is 172 Å². The molecule has 6 nitrogen and oxygen atoms in total. The summed E-state index contributed by atoms with van der Waals surface area (Å²) in [6.45, 7) is 0.895. The molecule has 2 N–H and O–H groups in total. The molecule has 1 aliphatic heterocycles. The summed E-state index contributed by atoms with van der Waals surface area (Å²) in [5, 5.41) is 0. The van der Waals surface area contributed by atoms with Crippen LogP contribution in [-0.2, 0) is 26.2 Å². The van der Waals surface area contributed by atoms with Crippen LogP contribution in [0, 0.1) is 5.41 Å². The average molecular weight is 398 g/mol. The standard InChI is InChI=1S/C23H31N3O3/c1-28-12-11-26-20(27)23(25-21(26)24)19-13-16(15-3-4-15)5-6-17(19)14-22(23)9-7-18(29-2)8-10-22/h5-6,13,15,18H,3-4,7-12,14H2,1-2H3,(H2,24,25)/t18-,22+,23-/m0/s1. The summed E-state index contributed by atoms with van der Waals surface area (Å²) in [5.74, 6) is 1.01. The highest BCUT2D eigenvalue weighted by Gasteiger charge is 2.66. The Morgan fingerprint density at radius 2 is 1.97 bits per heavy atom. The number of methoxy groups -OCH3 is 2. The van der Waals surface area contributed by atoms with Crippen molar-refractivity contribution in [2.24, 2.45) is 16.1 Å². The first kappa shape index (κ1) is 19.1. The van der Waals surface area contributed by atoms with Gasteiger partial charge in [0.1, 0.15) is 0 Å². The molecule has 29 heavy (non-hydrogen) atoms. The van der Waals surface area contributed by atoms with Crippen molar-refractivity contribution in [3.63, 3.8) is 0 Å². The summed E-state index contributed by atoms with van der Waals surface area (Å²) in [7, 11) is 3.43. The molecule has 1 heterocycles. The van der Waals surface area contributed by atoms with Gasteiger partial charge in [-0.25, -0.2) is 4.99 Å². The minimum absolute atomic E-state index is 0.0367. The van der Waals surface area contributed by atoms with E-state index in [1.807, 2.05) is 0 Å². The first-order valence-electron chi connectivity index (χ1n) is 10.9. The van der Waals surface area contributed by atoms with Crippen molar-refractivity contribution < 1.29 is 14.3 Å². The Morgan fingerprint density at radius 1 is 1.21 bits per heavy atom.